The maximum Gasteiger partial charge on any atom is 0.253 e. The third-order valence-corrected chi connectivity index (χ3v) is 5.57. The van der Waals surface area contributed by atoms with E-state index in [1.807, 2.05) is 42.5 Å². The molecule has 0 radical (unpaired) electrons. The minimum absolute atomic E-state index is 0.144. The first kappa shape index (κ1) is 20.7. The average molecular weight is 437 g/mol. The van der Waals surface area contributed by atoms with E-state index in [0.717, 1.165) is 42.8 Å². The van der Waals surface area contributed by atoms with Gasteiger partial charge >= 0.3 is 0 Å². The molecule has 7 heteroatoms. The summed E-state index contributed by atoms with van der Waals surface area (Å²) < 4.78 is 1.58. The number of nitrogens with one attached hydrogen (secondary N) is 2. The van der Waals surface area contributed by atoms with Crippen LogP contribution in [0.2, 0.25) is 0 Å². The normalized spacial score (nSPS) is 13.4. The van der Waals surface area contributed by atoms with E-state index >= 15 is 0 Å². The molecule has 0 amide bonds. The van der Waals surface area contributed by atoms with Crippen LogP contribution in [0.5, 0.6) is 0 Å². The number of piperazine rings is 1. The predicted molar refractivity (Wildman–Crippen MR) is 132 cm³/mol. The minimum atomic E-state index is -0.144. The Morgan fingerprint density at radius 2 is 1.76 bits per heavy atom. The largest absolute Gasteiger partial charge is 0.369 e. The van der Waals surface area contributed by atoms with Gasteiger partial charge in [-0.3, -0.25) is 9.36 Å². The Morgan fingerprint density at radius 1 is 0.970 bits per heavy atom. The third-order valence-electron chi connectivity index (χ3n) is 5.57. The number of benzene rings is 2. The molecule has 0 atom stereocenters. The van der Waals surface area contributed by atoms with Crippen molar-refractivity contribution < 1.29 is 0 Å². The van der Waals surface area contributed by atoms with Crippen molar-refractivity contribution in [2.45, 2.75) is 6.54 Å². The van der Waals surface area contributed by atoms with Gasteiger partial charge in [0.25, 0.3) is 5.56 Å². The van der Waals surface area contributed by atoms with E-state index in [1.165, 1.54) is 11.8 Å². The van der Waals surface area contributed by atoms with Crippen LogP contribution in [0.4, 0.5) is 17.3 Å². The van der Waals surface area contributed by atoms with E-state index in [9.17, 15) is 4.79 Å². The molecular formula is C26H24N6O. The first-order valence-corrected chi connectivity index (χ1v) is 11.0. The molecule has 0 aliphatic carbocycles. The van der Waals surface area contributed by atoms with E-state index < -0.39 is 0 Å². The van der Waals surface area contributed by atoms with Crippen LogP contribution in [0, 0.1) is 11.8 Å². The molecule has 1 aliphatic heterocycles. The number of hydrogen-bond donors (Lipinski definition) is 2. The monoisotopic (exact) mass is 436 g/mol. The number of hydrogen-bond acceptors (Lipinski definition) is 6. The van der Waals surface area contributed by atoms with Gasteiger partial charge in [0.05, 0.1) is 6.54 Å². The zero-order valence-corrected chi connectivity index (χ0v) is 18.2. The Balaban J connectivity index is 1.38. The van der Waals surface area contributed by atoms with Crippen LogP contribution in [0.25, 0.3) is 11.0 Å². The highest BCUT2D eigenvalue weighted by atomic mass is 16.1. The fourth-order valence-electron chi connectivity index (χ4n) is 3.83. The summed E-state index contributed by atoms with van der Waals surface area (Å²) in [5.74, 6) is 6.61. The van der Waals surface area contributed by atoms with Gasteiger partial charge in [-0.25, -0.2) is 4.98 Å². The summed E-state index contributed by atoms with van der Waals surface area (Å²) in [7, 11) is 0. The van der Waals surface area contributed by atoms with E-state index in [2.05, 4.69) is 49.5 Å². The molecule has 0 spiro atoms. The number of anilines is 3. The molecule has 0 saturated carbocycles. The molecule has 2 N–H and O–H groups in total. The number of rotatable bonds is 4. The second kappa shape index (κ2) is 9.55. The zero-order chi connectivity index (χ0) is 22.5. The lowest BCUT2D eigenvalue weighted by Gasteiger charge is -2.29. The van der Waals surface area contributed by atoms with Gasteiger partial charge in [0.1, 0.15) is 5.65 Å². The van der Waals surface area contributed by atoms with Crippen LogP contribution in [0.3, 0.4) is 0 Å². The van der Waals surface area contributed by atoms with Crippen molar-refractivity contribution >= 4 is 28.4 Å². The molecule has 33 heavy (non-hydrogen) atoms. The van der Waals surface area contributed by atoms with E-state index in [0.29, 0.717) is 11.6 Å². The number of nitrogens with zero attached hydrogens (tertiary/aromatic N) is 4. The topological polar surface area (TPSA) is 75.1 Å². The Labute approximate surface area is 192 Å². The Morgan fingerprint density at radius 3 is 2.55 bits per heavy atom. The van der Waals surface area contributed by atoms with Crippen molar-refractivity contribution in [3.8, 4) is 11.8 Å². The van der Waals surface area contributed by atoms with Crippen molar-refractivity contribution in [1.82, 2.24) is 19.9 Å². The summed E-state index contributed by atoms with van der Waals surface area (Å²) in [6.07, 6.45) is 1.72. The van der Waals surface area contributed by atoms with Gasteiger partial charge in [0, 0.05) is 60.8 Å². The highest BCUT2D eigenvalue weighted by molar-refractivity contribution is 5.76. The van der Waals surface area contributed by atoms with Crippen LogP contribution in [0.1, 0.15) is 5.56 Å². The molecule has 1 aliphatic rings. The van der Waals surface area contributed by atoms with Gasteiger partial charge in [-0.1, -0.05) is 30.0 Å². The van der Waals surface area contributed by atoms with Gasteiger partial charge in [0.15, 0.2) is 0 Å². The summed E-state index contributed by atoms with van der Waals surface area (Å²) in [5, 5.41) is 7.41. The molecular weight excluding hydrogens is 412 g/mol. The Kier molecular flexibility index (Phi) is 6.00. The lowest BCUT2D eigenvalue weighted by molar-refractivity contribution is 0.589. The summed E-state index contributed by atoms with van der Waals surface area (Å²) in [6, 6.07) is 21.2. The lowest BCUT2D eigenvalue weighted by Crippen LogP contribution is -2.43. The summed E-state index contributed by atoms with van der Waals surface area (Å²) in [4.78, 5) is 23.9. The predicted octanol–water partition coefficient (Wildman–Crippen LogP) is 3.00. The number of fused-ring (bicyclic) bond motifs is 1. The molecule has 7 nitrogen and oxygen atoms in total. The molecule has 164 valence electrons. The van der Waals surface area contributed by atoms with Crippen LogP contribution in [-0.4, -0.2) is 40.7 Å². The molecule has 5 rings (SSSR count). The SMILES string of the molecule is O=c1ccc2cnc(Nc3ccc(N4CCNCC4)cc3)nc2n1CC#Cc1ccccc1. The van der Waals surface area contributed by atoms with Crippen LogP contribution >= 0.6 is 0 Å². The van der Waals surface area contributed by atoms with Gasteiger partial charge < -0.3 is 15.5 Å². The second-order valence-corrected chi connectivity index (χ2v) is 7.81. The summed E-state index contributed by atoms with van der Waals surface area (Å²) in [6.45, 7) is 4.27. The minimum Gasteiger partial charge on any atom is -0.369 e. The third kappa shape index (κ3) is 4.86. The Bertz CT molecular complexity index is 1360. The fraction of sp³-hybridized carbons (Fsp3) is 0.192. The highest BCUT2D eigenvalue weighted by Gasteiger charge is 2.11. The second-order valence-electron chi connectivity index (χ2n) is 7.81. The van der Waals surface area contributed by atoms with Crippen molar-refractivity contribution in [3.63, 3.8) is 0 Å². The van der Waals surface area contributed by atoms with E-state index in [1.54, 1.807) is 16.8 Å². The average Bonchev–Trinajstić information content (AvgIpc) is 2.87. The highest BCUT2D eigenvalue weighted by Crippen LogP contribution is 2.21. The lowest BCUT2D eigenvalue weighted by atomic mass is 10.2. The fourth-order valence-corrected chi connectivity index (χ4v) is 3.83. The molecule has 1 fully saturated rings. The number of pyridine rings is 1. The molecule has 3 heterocycles. The van der Waals surface area contributed by atoms with Gasteiger partial charge in [0.2, 0.25) is 5.95 Å². The molecule has 0 bridgehead atoms. The van der Waals surface area contributed by atoms with Crippen LogP contribution in [-0.2, 0) is 6.54 Å². The van der Waals surface area contributed by atoms with Crippen molar-refractivity contribution in [1.29, 1.82) is 0 Å². The Hall–Kier alpha value is -4.15. The summed E-state index contributed by atoms with van der Waals surface area (Å²) >= 11 is 0. The quantitative estimate of drug-likeness (QED) is 0.479. The van der Waals surface area contributed by atoms with Crippen molar-refractivity contribution in [3.05, 3.63) is 88.8 Å². The van der Waals surface area contributed by atoms with Crippen molar-refractivity contribution in [2.75, 3.05) is 36.4 Å². The van der Waals surface area contributed by atoms with Gasteiger partial charge in [-0.15, -0.1) is 0 Å². The maximum atomic E-state index is 12.5. The van der Waals surface area contributed by atoms with Crippen LogP contribution in [0.15, 0.2) is 77.7 Å². The first-order chi connectivity index (χ1) is 16.3. The molecule has 1 saturated heterocycles. The van der Waals surface area contributed by atoms with Gasteiger partial charge in [-0.05, 0) is 42.5 Å². The molecule has 2 aromatic heterocycles. The molecule has 0 unspecified atom stereocenters. The maximum absolute atomic E-state index is 12.5. The van der Waals surface area contributed by atoms with Crippen molar-refractivity contribution in [2.24, 2.45) is 0 Å². The first-order valence-electron chi connectivity index (χ1n) is 11.0. The summed E-state index contributed by atoms with van der Waals surface area (Å²) in [5.41, 5.74) is 3.41. The smallest absolute Gasteiger partial charge is 0.253 e. The number of aromatic nitrogens is 3. The van der Waals surface area contributed by atoms with Crippen LogP contribution < -0.4 is 21.1 Å². The van der Waals surface area contributed by atoms with E-state index in [4.69, 9.17) is 0 Å². The standard InChI is InChI=1S/C26H24N6O/c33-24-13-8-21-19-28-26(29-22-9-11-23(12-10-22)31-17-14-27-15-18-31)30-25(21)32(24)16-4-7-20-5-2-1-3-6-20/h1-3,5-6,8-13,19,27H,14-18H2,(H,28,29,30). The zero-order valence-electron chi connectivity index (χ0n) is 18.2. The van der Waals surface area contributed by atoms with Gasteiger partial charge in [-0.2, -0.15) is 4.98 Å². The molecule has 2 aromatic carbocycles. The van der Waals surface area contributed by atoms with E-state index in [-0.39, 0.29) is 12.1 Å². The molecule has 4 aromatic rings.